The fraction of sp³-hybridized carbons (Fsp3) is 0.714. The van der Waals surface area contributed by atoms with E-state index in [-0.39, 0.29) is 0 Å². The smallest absolute Gasteiger partial charge is 0.234 e. The lowest BCUT2D eigenvalue weighted by molar-refractivity contribution is -0.219. The zero-order chi connectivity index (χ0) is 12.1. The van der Waals surface area contributed by atoms with Crippen LogP contribution in [0.2, 0.25) is 0 Å². The van der Waals surface area contributed by atoms with Crippen LogP contribution in [0.1, 0.15) is 0 Å². The van der Waals surface area contributed by atoms with Gasteiger partial charge in [-0.15, -0.1) is 0 Å². The highest BCUT2D eigenvalue weighted by Crippen LogP contribution is 2.46. The normalized spacial score (nSPS) is 37.3. The van der Waals surface area contributed by atoms with E-state index < -0.39 is 42.3 Å². The molecule has 0 heterocycles. The molecule has 0 aromatic heterocycles. The highest BCUT2D eigenvalue weighted by molar-refractivity contribution is 5.17. The molecule has 0 bridgehead atoms. The average Bonchev–Trinajstić information content (AvgIpc) is 2.14. The van der Waals surface area contributed by atoms with Crippen molar-refractivity contribution in [3.8, 4) is 0 Å². The van der Waals surface area contributed by atoms with Gasteiger partial charge in [-0.25, -0.2) is 8.78 Å². The van der Waals surface area contributed by atoms with Gasteiger partial charge in [-0.05, 0) is 12.2 Å². The van der Waals surface area contributed by atoms with Gasteiger partial charge in [0.2, 0.25) is 12.3 Å². The lowest BCUT2D eigenvalue weighted by Crippen LogP contribution is -2.52. The van der Waals surface area contributed by atoms with Gasteiger partial charge in [0.15, 0.2) is 0 Å². The van der Waals surface area contributed by atoms with Crippen molar-refractivity contribution in [1.29, 1.82) is 0 Å². The Morgan fingerprint density at radius 1 is 0.667 bits per heavy atom. The Balaban J connectivity index is 3.24. The molecule has 2 atom stereocenters. The van der Waals surface area contributed by atoms with E-state index in [9.17, 15) is 35.1 Å². The minimum atomic E-state index is -5.45. The zero-order valence-corrected chi connectivity index (χ0v) is 6.83. The molecular weight excluding hydrogens is 236 g/mol. The summed E-state index contributed by atoms with van der Waals surface area (Å²) in [4.78, 5) is 0. The maximum atomic E-state index is 12.5. The van der Waals surface area contributed by atoms with Gasteiger partial charge in [0.25, 0.3) is 0 Å². The van der Waals surface area contributed by atoms with Crippen LogP contribution in [0.25, 0.3) is 0 Å². The van der Waals surface area contributed by atoms with E-state index in [0.29, 0.717) is 0 Å². The molecule has 0 aliphatic heterocycles. The first-order valence-corrected chi connectivity index (χ1v) is 3.64. The molecule has 0 saturated carbocycles. The fourth-order valence-electron chi connectivity index (χ4n) is 1.03. The third kappa shape index (κ3) is 1.81. The van der Waals surface area contributed by atoms with E-state index in [2.05, 4.69) is 0 Å². The number of allylic oxidation sites excluding steroid dienone is 2. The molecule has 1 aliphatic carbocycles. The van der Waals surface area contributed by atoms with Crippen LogP contribution in [0, 0.1) is 0 Å². The number of hydrogen-bond donors (Lipinski definition) is 0. The summed E-state index contributed by atoms with van der Waals surface area (Å²) in [5.41, 5.74) is 0. The molecule has 0 amide bonds. The summed E-state index contributed by atoms with van der Waals surface area (Å²) in [7, 11) is 0. The molecule has 88 valence electrons. The molecule has 0 radical (unpaired) electrons. The molecule has 0 aromatic rings. The summed E-state index contributed by atoms with van der Waals surface area (Å²) >= 11 is 0. The number of halogens is 8. The van der Waals surface area contributed by atoms with E-state index in [1.54, 1.807) is 0 Å². The first-order valence-electron chi connectivity index (χ1n) is 3.64. The summed E-state index contributed by atoms with van der Waals surface area (Å²) in [6.07, 6.45) is -10.1. The molecule has 0 nitrogen and oxygen atoms in total. The largest absolute Gasteiger partial charge is 0.321 e. The van der Waals surface area contributed by atoms with Crippen LogP contribution in [0.15, 0.2) is 12.2 Å². The molecule has 0 N–H and O–H groups in total. The summed E-state index contributed by atoms with van der Waals surface area (Å²) in [6, 6.07) is 0. The monoisotopic (exact) mass is 240 g/mol. The molecular formula is C7H4F8. The lowest BCUT2D eigenvalue weighted by Gasteiger charge is -2.27. The summed E-state index contributed by atoms with van der Waals surface area (Å²) in [6.45, 7) is 0. The lowest BCUT2D eigenvalue weighted by atomic mass is 10.0. The van der Waals surface area contributed by atoms with E-state index in [4.69, 9.17) is 0 Å². The van der Waals surface area contributed by atoms with Crippen molar-refractivity contribution in [2.24, 2.45) is 0 Å². The topological polar surface area (TPSA) is 0 Å². The van der Waals surface area contributed by atoms with Crippen molar-refractivity contribution in [3.63, 3.8) is 0 Å². The molecule has 0 fully saturated rings. The second-order valence-electron chi connectivity index (χ2n) is 3.08. The zero-order valence-electron chi connectivity index (χ0n) is 6.83. The number of hydrogen-bond acceptors (Lipinski definition) is 0. The maximum absolute atomic E-state index is 12.5. The first-order chi connectivity index (χ1) is 6.52. The standard InChI is InChI=1S/C7H4F8/c8-3-5(10,11)1-2-6(12,13)4(9)7(3,14)15/h1-4H. The van der Waals surface area contributed by atoms with Crippen LogP contribution < -0.4 is 0 Å². The van der Waals surface area contributed by atoms with Crippen LogP contribution in [0.4, 0.5) is 35.1 Å². The molecule has 1 rings (SSSR count). The Hall–Kier alpha value is -0.820. The Morgan fingerprint density at radius 3 is 1.20 bits per heavy atom. The number of alkyl halides is 8. The highest BCUT2D eigenvalue weighted by Gasteiger charge is 2.67. The van der Waals surface area contributed by atoms with Crippen LogP contribution in [-0.2, 0) is 0 Å². The molecule has 15 heavy (non-hydrogen) atoms. The Bertz CT molecular complexity index is 255. The molecule has 2 unspecified atom stereocenters. The fourth-order valence-corrected chi connectivity index (χ4v) is 1.03. The van der Waals surface area contributed by atoms with Crippen molar-refractivity contribution in [1.82, 2.24) is 0 Å². The van der Waals surface area contributed by atoms with E-state index in [1.807, 2.05) is 0 Å². The molecule has 0 aromatic carbocycles. The van der Waals surface area contributed by atoms with Gasteiger partial charge in [-0.2, -0.15) is 26.3 Å². The Labute approximate surface area is 78.6 Å². The second kappa shape index (κ2) is 3.08. The summed E-state index contributed by atoms with van der Waals surface area (Å²) in [5, 5.41) is 0. The van der Waals surface area contributed by atoms with Crippen LogP contribution in [-0.4, -0.2) is 30.1 Å². The van der Waals surface area contributed by atoms with Crippen molar-refractivity contribution >= 4 is 0 Å². The van der Waals surface area contributed by atoms with Crippen molar-refractivity contribution in [3.05, 3.63) is 12.2 Å². The Kier molecular flexibility index (Phi) is 2.52. The molecule has 0 spiro atoms. The maximum Gasteiger partial charge on any atom is 0.321 e. The minimum Gasteiger partial charge on any atom is -0.234 e. The van der Waals surface area contributed by atoms with Gasteiger partial charge in [0, 0.05) is 0 Å². The molecule has 0 saturated heterocycles. The first kappa shape index (κ1) is 12.3. The van der Waals surface area contributed by atoms with Crippen molar-refractivity contribution in [2.45, 2.75) is 30.1 Å². The van der Waals surface area contributed by atoms with Crippen LogP contribution in [0.3, 0.4) is 0 Å². The van der Waals surface area contributed by atoms with Crippen molar-refractivity contribution in [2.75, 3.05) is 0 Å². The van der Waals surface area contributed by atoms with Gasteiger partial charge in [0.05, 0.1) is 0 Å². The number of rotatable bonds is 0. The van der Waals surface area contributed by atoms with Crippen LogP contribution >= 0.6 is 0 Å². The highest BCUT2D eigenvalue weighted by atomic mass is 19.3. The SMILES string of the molecule is FC1C(F)(F)C=CC(F)(F)C(F)C1(F)F. The summed E-state index contributed by atoms with van der Waals surface area (Å²) < 4.78 is 99.6. The van der Waals surface area contributed by atoms with Crippen LogP contribution in [0.5, 0.6) is 0 Å². The van der Waals surface area contributed by atoms with Gasteiger partial charge >= 0.3 is 17.8 Å². The average molecular weight is 240 g/mol. The van der Waals surface area contributed by atoms with Crippen molar-refractivity contribution < 1.29 is 35.1 Å². The van der Waals surface area contributed by atoms with Gasteiger partial charge in [-0.3, -0.25) is 0 Å². The van der Waals surface area contributed by atoms with Gasteiger partial charge in [-0.1, -0.05) is 0 Å². The van der Waals surface area contributed by atoms with E-state index >= 15 is 0 Å². The predicted octanol–water partition coefficient (Wildman–Crippen LogP) is 3.14. The Morgan fingerprint density at radius 2 is 0.933 bits per heavy atom. The quantitative estimate of drug-likeness (QED) is 0.450. The van der Waals surface area contributed by atoms with E-state index in [0.717, 1.165) is 0 Å². The van der Waals surface area contributed by atoms with Gasteiger partial charge < -0.3 is 0 Å². The third-order valence-corrected chi connectivity index (χ3v) is 1.88. The second-order valence-corrected chi connectivity index (χ2v) is 3.08. The minimum absolute atomic E-state index is 0.745. The molecule has 8 heteroatoms. The summed E-state index contributed by atoms with van der Waals surface area (Å²) in [5.74, 6) is -15.1. The predicted molar refractivity (Wildman–Crippen MR) is 33.8 cm³/mol. The van der Waals surface area contributed by atoms with Gasteiger partial charge in [0.1, 0.15) is 0 Å². The third-order valence-electron chi connectivity index (χ3n) is 1.88. The molecule has 1 aliphatic rings. The van der Waals surface area contributed by atoms with E-state index in [1.165, 1.54) is 0 Å².